The zero-order valence-corrected chi connectivity index (χ0v) is 19.1. The van der Waals surface area contributed by atoms with Gasteiger partial charge in [-0.2, -0.15) is 0 Å². The zero-order chi connectivity index (χ0) is 20.1. The average Bonchev–Trinajstić information content (AvgIpc) is 2.52. The quantitative estimate of drug-likeness (QED) is 0.436. The first-order valence-corrected chi connectivity index (χ1v) is 10.4. The van der Waals surface area contributed by atoms with Crippen LogP contribution in [0, 0.1) is 6.92 Å². The summed E-state index contributed by atoms with van der Waals surface area (Å²) < 4.78 is 7.65. The number of rotatable bonds is 8. The molecule has 0 bridgehead atoms. The number of aliphatic carboxylic acids is 1. The summed E-state index contributed by atoms with van der Waals surface area (Å²) in [6.45, 7) is 8.63. The largest absolute Gasteiger partial charge is 0.487 e. The highest BCUT2D eigenvalue weighted by molar-refractivity contribution is 9.11. The Balaban J connectivity index is 2.16. The predicted octanol–water partition coefficient (Wildman–Crippen LogP) is 6.50. The van der Waals surface area contributed by atoms with E-state index in [4.69, 9.17) is 9.84 Å². The monoisotopic (exact) mass is 497 g/mol. The Bertz CT molecular complexity index is 798. The van der Waals surface area contributed by atoms with Crippen LogP contribution in [-0.4, -0.2) is 17.1 Å². The molecule has 2 rings (SSSR count). The molecule has 0 radical (unpaired) electrons. The normalized spacial score (nSPS) is 12.1. The molecule has 0 heterocycles. The third-order valence-corrected chi connectivity index (χ3v) is 5.22. The molecule has 0 fully saturated rings. The van der Waals surface area contributed by atoms with Gasteiger partial charge in [0.1, 0.15) is 12.4 Å². The van der Waals surface area contributed by atoms with E-state index >= 15 is 0 Å². The molecule has 0 aliphatic carbocycles. The van der Waals surface area contributed by atoms with Gasteiger partial charge in [0, 0.05) is 11.7 Å². The van der Waals surface area contributed by atoms with Crippen LogP contribution in [-0.2, 0) is 11.4 Å². The number of nitrogens with one attached hydrogen (secondary N) is 1. The summed E-state index contributed by atoms with van der Waals surface area (Å²) in [7, 11) is 0. The van der Waals surface area contributed by atoms with Crippen molar-refractivity contribution < 1.29 is 14.6 Å². The molecule has 0 aliphatic heterocycles. The van der Waals surface area contributed by atoms with Gasteiger partial charge in [0.05, 0.1) is 15.4 Å². The Morgan fingerprint density at radius 2 is 1.74 bits per heavy atom. The van der Waals surface area contributed by atoms with E-state index in [0.29, 0.717) is 18.4 Å². The number of carboxylic acids is 1. The lowest BCUT2D eigenvalue weighted by Gasteiger charge is -2.16. The Labute approximate surface area is 177 Å². The fourth-order valence-electron chi connectivity index (χ4n) is 2.90. The van der Waals surface area contributed by atoms with Crippen LogP contribution in [0.5, 0.6) is 5.75 Å². The van der Waals surface area contributed by atoms with Crippen molar-refractivity contribution >= 4 is 43.5 Å². The zero-order valence-electron chi connectivity index (χ0n) is 16.0. The first-order valence-electron chi connectivity index (χ1n) is 8.86. The predicted molar refractivity (Wildman–Crippen MR) is 117 cm³/mol. The first kappa shape index (κ1) is 21.8. The second-order valence-electron chi connectivity index (χ2n) is 7.11. The standard InChI is InChI=1S/C21H25Br2NO3/c1-12(2)24-17-6-13(3)5-15(8-17)11-27-21-18(22)9-16(10-19(21)23)14(4)7-20(25)26/h5-6,8-10,12,14,24H,7,11H2,1-4H3,(H,25,26). The van der Waals surface area contributed by atoms with Gasteiger partial charge < -0.3 is 15.2 Å². The Morgan fingerprint density at radius 1 is 1.11 bits per heavy atom. The van der Waals surface area contributed by atoms with Crippen molar-refractivity contribution in [2.45, 2.75) is 52.7 Å². The maximum atomic E-state index is 10.9. The van der Waals surface area contributed by atoms with Crippen LogP contribution in [0.4, 0.5) is 5.69 Å². The molecule has 0 amide bonds. The summed E-state index contributed by atoms with van der Waals surface area (Å²) >= 11 is 7.11. The summed E-state index contributed by atoms with van der Waals surface area (Å²) in [5.74, 6) is -0.174. The second-order valence-corrected chi connectivity index (χ2v) is 8.82. The number of halogens is 2. The third-order valence-electron chi connectivity index (χ3n) is 4.05. The number of carbonyl (C=O) groups is 1. The fourth-order valence-corrected chi connectivity index (χ4v) is 4.35. The molecule has 0 spiro atoms. The van der Waals surface area contributed by atoms with Crippen LogP contribution < -0.4 is 10.1 Å². The summed E-state index contributed by atoms with van der Waals surface area (Å²) in [6.07, 6.45) is 0.0913. The second kappa shape index (κ2) is 9.60. The van der Waals surface area contributed by atoms with E-state index in [1.54, 1.807) is 0 Å². The van der Waals surface area contributed by atoms with Crippen LogP contribution in [0.2, 0.25) is 0 Å². The van der Waals surface area contributed by atoms with Gasteiger partial charge in [-0.15, -0.1) is 0 Å². The fraction of sp³-hybridized carbons (Fsp3) is 0.381. The highest BCUT2D eigenvalue weighted by atomic mass is 79.9. The van der Waals surface area contributed by atoms with Crippen LogP contribution in [0.25, 0.3) is 0 Å². The number of hydrogen-bond donors (Lipinski definition) is 2. The van der Waals surface area contributed by atoms with Gasteiger partial charge in [0.25, 0.3) is 0 Å². The number of aryl methyl sites for hydroxylation is 1. The Kier molecular flexibility index (Phi) is 7.74. The van der Waals surface area contributed by atoms with E-state index in [9.17, 15) is 4.79 Å². The van der Waals surface area contributed by atoms with Crippen molar-refractivity contribution in [2.75, 3.05) is 5.32 Å². The number of ether oxygens (including phenoxy) is 1. The number of carboxylic acid groups (broad SMARTS) is 1. The Hall–Kier alpha value is -1.53. The van der Waals surface area contributed by atoms with Gasteiger partial charge >= 0.3 is 5.97 Å². The van der Waals surface area contributed by atoms with E-state index in [1.165, 1.54) is 5.56 Å². The molecule has 146 valence electrons. The molecular formula is C21H25Br2NO3. The molecule has 2 aromatic carbocycles. The molecule has 27 heavy (non-hydrogen) atoms. The number of anilines is 1. The molecule has 2 N–H and O–H groups in total. The smallest absolute Gasteiger partial charge is 0.303 e. The molecule has 6 heteroatoms. The summed E-state index contributed by atoms with van der Waals surface area (Å²) in [4.78, 5) is 10.9. The lowest BCUT2D eigenvalue weighted by Crippen LogP contribution is -2.10. The minimum absolute atomic E-state index is 0.0782. The molecule has 0 saturated heterocycles. The molecule has 1 unspecified atom stereocenters. The molecule has 0 aromatic heterocycles. The van der Waals surface area contributed by atoms with E-state index in [1.807, 2.05) is 19.1 Å². The Morgan fingerprint density at radius 3 is 2.30 bits per heavy atom. The lowest BCUT2D eigenvalue weighted by atomic mass is 9.98. The average molecular weight is 499 g/mol. The van der Waals surface area contributed by atoms with Gasteiger partial charge in [-0.25, -0.2) is 0 Å². The summed E-state index contributed by atoms with van der Waals surface area (Å²) in [6, 6.07) is 10.5. The van der Waals surface area contributed by atoms with Crippen LogP contribution in [0.3, 0.4) is 0 Å². The van der Waals surface area contributed by atoms with Crippen LogP contribution in [0.1, 0.15) is 49.8 Å². The maximum Gasteiger partial charge on any atom is 0.303 e. The van der Waals surface area contributed by atoms with Crippen LogP contribution >= 0.6 is 31.9 Å². The lowest BCUT2D eigenvalue weighted by molar-refractivity contribution is -0.137. The SMILES string of the molecule is Cc1cc(COc2c(Br)cc(C(C)CC(=O)O)cc2Br)cc(NC(C)C)c1. The van der Waals surface area contributed by atoms with E-state index < -0.39 is 5.97 Å². The topological polar surface area (TPSA) is 58.6 Å². The molecule has 0 saturated carbocycles. The van der Waals surface area contributed by atoms with E-state index in [0.717, 1.165) is 25.8 Å². The molecule has 0 aliphatic rings. The number of hydrogen-bond acceptors (Lipinski definition) is 3. The van der Waals surface area contributed by atoms with Crippen LogP contribution in [0.15, 0.2) is 39.3 Å². The highest BCUT2D eigenvalue weighted by Crippen LogP contribution is 2.38. The minimum Gasteiger partial charge on any atom is -0.487 e. The van der Waals surface area contributed by atoms with E-state index in [2.05, 4.69) is 76.1 Å². The minimum atomic E-state index is -0.805. The summed E-state index contributed by atoms with van der Waals surface area (Å²) in [5, 5.41) is 12.4. The summed E-state index contributed by atoms with van der Waals surface area (Å²) in [5.41, 5.74) is 4.29. The molecule has 2 aromatic rings. The van der Waals surface area contributed by atoms with E-state index in [-0.39, 0.29) is 12.3 Å². The first-order chi connectivity index (χ1) is 12.7. The van der Waals surface area contributed by atoms with Crippen molar-refractivity contribution in [2.24, 2.45) is 0 Å². The van der Waals surface area contributed by atoms with Gasteiger partial charge in [-0.1, -0.05) is 13.0 Å². The van der Waals surface area contributed by atoms with Gasteiger partial charge in [-0.3, -0.25) is 4.79 Å². The van der Waals surface area contributed by atoms with Crippen molar-refractivity contribution in [3.63, 3.8) is 0 Å². The maximum absolute atomic E-state index is 10.9. The van der Waals surface area contributed by atoms with Crippen molar-refractivity contribution in [1.29, 1.82) is 0 Å². The number of benzene rings is 2. The molecule has 1 atom stereocenters. The highest BCUT2D eigenvalue weighted by Gasteiger charge is 2.15. The third kappa shape index (κ3) is 6.54. The van der Waals surface area contributed by atoms with Crippen molar-refractivity contribution in [3.8, 4) is 5.75 Å². The van der Waals surface area contributed by atoms with Gasteiger partial charge in [0.2, 0.25) is 0 Å². The van der Waals surface area contributed by atoms with Crippen molar-refractivity contribution in [3.05, 3.63) is 56.0 Å². The molecule has 4 nitrogen and oxygen atoms in total. The molecular weight excluding hydrogens is 474 g/mol. The van der Waals surface area contributed by atoms with Gasteiger partial charge in [-0.05, 0) is 99.5 Å². The van der Waals surface area contributed by atoms with Crippen molar-refractivity contribution in [1.82, 2.24) is 0 Å². The van der Waals surface area contributed by atoms with Gasteiger partial charge in [0.15, 0.2) is 0 Å².